The van der Waals surface area contributed by atoms with Crippen molar-refractivity contribution in [2.24, 2.45) is 0 Å². The lowest BCUT2D eigenvalue weighted by molar-refractivity contribution is -0.127. The number of aromatic nitrogens is 1. The van der Waals surface area contributed by atoms with Crippen LogP contribution in [0.25, 0.3) is 0 Å². The van der Waals surface area contributed by atoms with Crippen LogP contribution < -0.4 is 0 Å². The van der Waals surface area contributed by atoms with E-state index in [0.29, 0.717) is 5.91 Å². The van der Waals surface area contributed by atoms with Gasteiger partial charge in [0.2, 0.25) is 5.91 Å². The average molecular weight is 259 g/mol. The van der Waals surface area contributed by atoms with Crippen molar-refractivity contribution in [1.82, 2.24) is 14.8 Å². The van der Waals surface area contributed by atoms with Crippen LogP contribution >= 0.6 is 0 Å². The minimum absolute atomic E-state index is 0.328. The summed E-state index contributed by atoms with van der Waals surface area (Å²) in [5, 5.41) is 0. The molecule has 2 aliphatic rings. The molecule has 3 heterocycles. The van der Waals surface area contributed by atoms with E-state index in [1.807, 2.05) is 11.8 Å². The molecule has 1 fully saturated rings. The van der Waals surface area contributed by atoms with Crippen LogP contribution in [0.5, 0.6) is 0 Å². The van der Waals surface area contributed by atoms with Gasteiger partial charge in [0.05, 0.1) is 0 Å². The molecule has 1 saturated heterocycles. The number of nitrogens with zero attached hydrogens (tertiary/aromatic N) is 3. The highest BCUT2D eigenvalue weighted by Crippen LogP contribution is 2.18. The standard InChI is InChI=1S/C15H21N3O/c1-12-4-5-13-11-17(8-6-14(13)16-12)9-10-18-7-2-3-15(18)19/h4-5H,2-3,6-11H2,1H3. The van der Waals surface area contributed by atoms with E-state index in [1.165, 1.54) is 11.3 Å². The minimum Gasteiger partial charge on any atom is -0.341 e. The maximum atomic E-state index is 11.6. The number of hydrogen-bond donors (Lipinski definition) is 0. The summed E-state index contributed by atoms with van der Waals surface area (Å²) in [7, 11) is 0. The molecule has 0 saturated carbocycles. The third-order valence-electron chi connectivity index (χ3n) is 4.12. The van der Waals surface area contributed by atoms with E-state index in [-0.39, 0.29) is 0 Å². The number of pyridine rings is 1. The van der Waals surface area contributed by atoms with Crippen molar-refractivity contribution in [1.29, 1.82) is 0 Å². The van der Waals surface area contributed by atoms with Crippen molar-refractivity contribution in [3.63, 3.8) is 0 Å². The first-order valence-electron chi connectivity index (χ1n) is 7.18. The molecule has 0 N–H and O–H groups in total. The molecule has 0 bridgehead atoms. The summed E-state index contributed by atoms with van der Waals surface area (Å²) < 4.78 is 0. The molecule has 1 aromatic heterocycles. The molecule has 2 aliphatic heterocycles. The van der Waals surface area contributed by atoms with E-state index in [4.69, 9.17) is 0 Å². The van der Waals surface area contributed by atoms with Crippen LogP contribution in [0, 0.1) is 6.92 Å². The van der Waals surface area contributed by atoms with Gasteiger partial charge in [-0.25, -0.2) is 0 Å². The first kappa shape index (κ1) is 12.6. The van der Waals surface area contributed by atoms with Crippen LogP contribution in [-0.4, -0.2) is 46.9 Å². The summed E-state index contributed by atoms with van der Waals surface area (Å²) in [4.78, 5) is 20.6. The number of carbonyl (C=O) groups excluding carboxylic acids is 1. The zero-order valence-electron chi connectivity index (χ0n) is 11.6. The van der Waals surface area contributed by atoms with E-state index >= 15 is 0 Å². The van der Waals surface area contributed by atoms with E-state index in [9.17, 15) is 4.79 Å². The van der Waals surface area contributed by atoms with E-state index in [2.05, 4.69) is 22.0 Å². The lowest BCUT2D eigenvalue weighted by atomic mass is 10.1. The van der Waals surface area contributed by atoms with Gasteiger partial charge >= 0.3 is 0 Å². The Bertz CT molecular complexity index is 486. The minimum atomic E-state index is 0.328. The van der Waals surface area contributed by atoms with Gasteiger partial charge in [0, 0.05) is 57.0 Å². The second kappa shape index (κ2) is 5.29. The number of likely N-dealkylation sites (tertiary alicyclic amines) is 1. The normalized spacial score (nSPS) is 19.8. The average Bonchev–Trinajstić information content (AvgIpc) is 2.82. The molecule has 1 amide bonds. The van der Waals surface area contributed by atoms with Crippen LogP contribution in [0.2, 0.25) is 0 Å². The number of aryl methyl sites for hydroxylation is 1. The summed E-state index contributed by atoms with van der Waals surface area (Å²) in [5.41, 5.74) is 3.72. The van der Waals surface area contributed by atoms with Crippen molar-refractivity contribution in [3.8, 4) is 0 Å². The summed E-state index contributed by atoms with van der Waals surface area (Å²) in [6.07, 6.45) is 2.81. The Labute approximate surface area is 114 Å². The van der Waals surface area contributed by atoms with Crippen LogP contribution in [0.1, 0.15) is 29.8 Å². The smallest absolute Gasteiger partial charge is 0.222 e. The molecule has 4 heteroatoms. The first-order chi connectivity index (χ1) is 9.22. The fourth-order valence-electron chi connectivity index (χ4n) is 2.98. The highest BCUT2D eigenvalue weighted by Gasteiger charge is 2.22. The maximum absolute atomic E-state index is 11.6. The Morgan fingerprint density at radius 1 is 1.21 bits per heavy atom. The summed E-state index contributed by atoms with van der Waals surface area (Å²) in [6, 6.07) is 4.29. The Hall–Kier alpha value is -1.42. The summed E-state index contributed by atoms with van der Waals surface area (Å²) in [5.74, 6) is 0.328. The molecular formula is C15H21N3O. The number of fused-ring (bicyclic) bond motifs is 1. The van der Waals surface area contributed by atoms with Crippen LogP contribution in [0.4, 0.5) is 0 Å². The zero-order valence-corrected chi connectivity index (χ0v) is 11.6. The molecule has 3 rings (SSSR count). The lowest BCUT2D eigenvalue weighted by Crippen LogP contribution is -2.38. The van der Waals surface area contributed by atoms with Crippen LogP contribution in [0.15, 0.2) is 12.1 Å². The fraction of sp³-hybridized carbons (Fsp3) is 0.600. The Morgan fingerprint density at radius 2 is 2.11 bits per heavy atom. The third kappa shape index (κ3) is 2.78. The highest BCUT2D eigenvalue weighted by molar-refractivity contribution is 5.78. The van der Waals surface area contributed by atoms with Gasteiger partial charge in [0.25, 0.3) is 0 Å². The van der Waals surface area contributed by atoms with Crippen molar-refractivity contribution in [3.05, 3.63) is 29.1 Å². The number of carbonyl (C=O) groups is 1. The molecule has 0 radical (unpaired) electrons. The van der Waals surface area contributed by atoms with E-state index < -0.39 is 0 Å². The molecule has 0 spiro atoms. The Balaban J connectivity index is 1.57. The predicted molar refractivity (Wildman–Crippen MR) is 73.8 cm³/mol. The largest absolute Gasteiger partial charge is 0.341 e. The molecule has 1 aromatic rings. The fourth-order valence-corrected chi connectivity index (χ4v) is 2.98. The van der Waals surface area contributed by atoms with Crippen molar-refractivity contribution in [2.45, 2.75) is 32.7 Å². The van der Waals surface area contributed by atoms with Crippen LogP contribution in [-0.2, 0) is 17.8 Å². The van der Waals surface area contributed by atoms with Gasteiger partial charge in [-0.2, -0.15) is 0 Å². The second-order valence-electron chi connectivity index (χ2n) is 5.57. The van der Waals surface area contributed by atoms with Gasteiger partial charge in [-0.15, -0.1) is 0 Å². The predicted octanol–water partition coefficient (Wildman–Crippen LogP) is 1.37. The quantitative estimate of drug-likeness (QED) is 0.822. The van der Waals surface area contributed by atoms with Gasteiger partial charge < -0.3 is 4.90 Å². The topological polar surface area (TPSA) is 36.4 Å². The first-order valence-corrected chi connectivity index (χ1v) is 7.18. The molecule has 0 aliphatic carbocycles. The lowest BCUT2D eigenvalue weighted by Gasteiger charge is -2.29. The molecule has 0 atom stereocenters. The number of hydrogen-bond acceptors (Lipinski definition) is 3. The van der Waals surface area contributed by atoms with Crippen molar-refractivity contribution >= 4 is 5.91 Å². The monoisotopic (exact) mass is 259 g/mol. The molecule has 0 unspecified atom stereocenters. The second-order valence-corrected chi connectivity index (χ2v) is 5.57. The van der Waals surface area contributed by atoms with E-state index in [1.54, 1.807) is 0 Å². The molecule has 19 heavy (non-hydrogen) atoms. The molecular weight excluding hydrogens is 238 g/mol. The SMILES string of the molecule is Cc1ccc2c(n1)CCN(CCN1CCCC1=O)C2. The van der Waals surface area contributed by atoms with Gasteiger partial charge in [-0.05, 0) is 25.0 Å². The highest BCUT2D eigenvalue weighted by atomic mass is 16.2. The van der Waals surface area contributed by atoms with Gasteiger partial charge in [-0.1, -0.05) is 6.07 Å². The molecule has 0 aromatic carbocycles. The molecule has 102 valence electrons. The van der Waals surface area contributed by atoms with Crippen LogP contribution in [0.3, 0.4) is 0 Å². The number of amides is 1. The summed E-state index contributed by atoms with van der Waals surface area (Å²) in [6.45, 7) is 6.90. The van der Waals surface area contributed by atoms with Gasteiger partial charge in [-0.3, -0.25) is 14.7 Å². The molecule has 4 nitrogen and oxygen atoms in total. The van der Waals surface area contributed by atoms with Crippen molar-refractivity contribution in [2.75, 3.05) is 26.2 Å². The zero-order chi connectivity index (χ0) is 13.2. The van der Waals surface area contributed by atoms with Gasteiger partial charge in [0.15, 0.2) is 0 Å². The Morgan fingerprint density at radius 3 is 2.89 bits per heavy atom. The number of rotatable bonds is 3. The van der Waals surface area contributed by atoms with E-state index in [0.717, 1.165) is 57.7 Å². The Kier molecular flexibility index (Phi) is 3.51. The summed E-state index contributed by atoms with van der Waals surface area (Å²) >= 11 is 0. The van der Waals surface area contributed by atoms with Gasteiger partial charge in [0.1, 0.15) is 0 Å². The van der Waals surface area contributed by atoms with Crippen molar-refractivity contribution < 1.29 is 4.79 Å². The third-order valence-corrected chi connectivity index (χ3v) is 4.12. The maximum Gasteiger partial charge on any atom is 0.222 e.